The number of ether oxygens (including phenoxy) is 1. The summed E-state index contributed by atoms with van der Waals surface area (Å²) in [6.45, 7) is 5.27. The molecular weight excluding hydrogens is 516 g/mol. The summed E-state index contributed by atoms with van der Waals surface area (Å²) in [4.78, 5) is 28.8. The number of hydrogen-bond acceptors (Lipinski definition) is 5. The maximum atomic E-state index is 13.4. The number of carbonyl (C=O) groups is 2. The third-order valence-corrected chi connectivity index (χ3v) is 7.49. The van der Waals surface area contributed by atoms with Gasteiger partial charge in [-0.15, -0.1) is 11.3 Å². The number of thiocarbonyl (C=S) groups is 1. The minimum absolute atomic E-state index is 0.0710. The highest BCUT2D eigenvalue weighted by atomic mass is 32.1. The fourth-order valence-electron chi connectivity index (χ4n) is 4.58. The Morgan fingerprint density at radius 3 is 2.66 bits per heavy atom. The Balaban J connectivity index is 1.43. The van der Waals surface area contributed by atoms with Crippen LogP contribution in [0.4, 0.5) is 5.69 Å². The number of thiophene rings is 1. The third kappa shape index (κ3) is 5.20. The number of nitrogens with zero attached hydrogens (tertiary/aromatic N) is 2. The van der Waals surface area contributed by atoms with Crippen LogP contribution in [-0.4, -0.2) is 28.1 Å². The molecule has 0 aliphatic carbocycles. The van der Waals surface area contributed by atoms with Crippen LogP contribution in [0.1, 0.15) is 29.9 Å². The second kappa shape index (κ2) is 11.2. The molecule has 2 amide bonds. The van der Waals surface area contributed by atoms with Crippen molar-refractivity contribution in [2.75, 3.05) is 11.5 Å². The molecular formula is C29H28N4O3S2. The molecule has 1 fully saturated rings. The number of amides is 2. The maximum Gasteiger partial charge on any atom is 0.281 e. The molecule has 9 heteroatoms. The second-order valence-corrected chi connectivity index (χ2v) is 10.2. The number of nitrogens with one attached hydrogen (secondary N) is 2. The van der Waals surface area contributed by atoms with Gasteiger partial charge in [0, 0.05) is 22.0 Å². The first-order chi connectivity index (χ1) is 18.5. The lowest BCUT2D eigenvalue weighted by Crippen LogP contribution is -2.30. The molecule has 194 valence electrons. The number of benzene rings is 2. The standard InChI is InChI=1S/C29H28N4O3S2/c1-3-19-7-5-9-24-20(17-32(27(19)24)18-26(34)30-16-23-8-6-14-38-23)15-25-28(35)33(29(37)31-25)21-10-12-22(13-11-21)36-4-2/h5-15,17H,3-4,16,18H2,1-2H3,(H,30,34)(H,31,37)/b25-15-. The van der Waals surface area contributed by atoms with Crippen LogP contribution in [0.15, 0.2) is 71.9 Å². The summed E-state index contributed by atoms with van der Waals surface area (Å²) < 4.78 is 7.47. The number of anilines is 1. The van der Waals surface area contributed by atoms with Crippen molar-refractivity contribution in [3.05, 3.63) is 87.9 Å². The van der Waals surface area contributed by atoms with Crippen LogP contribution in [-0.2, 0) is 29.1 Å². The van der Waals surface area contributed by atoms with E-state index in [0.717, 1.165) is 39.1 Å². The molecule has 3 heterocycles. The van der Waals surface area contributed by atoms with Gasteiger partial charge in [0.05, 0.1) is 24.4 Å². The SMILES string of the molecule is CCOc1ccc(N2C(=O)/C(=C/c3cn(CC(=O)NCc4cccs4)c4c(CC)cccc34)NC2=S)cc1. The largest absolute Gasteiger partial charge is 0.494 e. The van der Waals surface area contributed by atoms with Gasteiger partial charge in [-0.3, -0.25) is 14.5 Å². The van der Waals surface area contributed by atoms with Gasteiger partial charge in [0.25, 0.3) is 5.91 Å². The molecule has 0 radical (unpaired) electrons. The van der Waals surface area contributed by atoms with Gasteiger partial charge in [0.2, 0.25) is 5.91 Å². The summed E-state index contributed by atoms with van der Waals surface area (Å²) in [6, 6.07) is 17.3. The summed E-state index contributed by atoms with van der Waals surface area (Å²) in [5.41, 5.74) is 4.01. The molecule has 0 unspecified atom stereocenters. The zero-order valence-corrected chi connectivity index (χ0v) is 22.8. The first kappa shape index (κ1) is 25.7. The molecule has 38 heavy (non-hydrogen) atoms. The molecule has 4 aromatic rings. The number of aromatic nitrogens is 1. The molecule has 2 N–H and O–H groups in total. The van der Waals surface area contributed by atoms with Crippen molar-refractivity contribution in [2.24, 2.45) is 0 Å². The molecule has 0 saturated carbocycles. The second-order valence-electron chi connectivity index (χ2n) is 8.79. The summed E-state index contributed by atoms with van der Waals surface area (Å²) in [5, 5.41) is 9.36. The Hall–Kier alpha value is -3.95. The molecule has 2 aromatic heterocycles. The van der Waals surface area contributed by atoms with Gasteiger partial charge >= 0.3 is 0 Å². The van der Waals surface area contributed by atoms with E-state index in [1.165, 1.54) is 4.90 Å². The highest BCUT2D eigenvalue weighted by molar-refractivity contribution is 7.80. The molecule has 7 nitrogen and oxygen atoms in total. The van der Waals surface area contributed by atoms with Gasteiger partial charge in [-0.2, -0.15) is 0 Å². The van der Waals surface area contributed by atoms with E-state index in [9.17, 15) is 9.59 Å². The van der Waals surface area contributed by atoms with Crippen molar-refractivity contribution in [1.82, 2.24) is 15.2 Å². The fourth-order valence-corrected chi connectivity index (χ4v) is 5.53. The Kier molecular flexibility index (Phi) is 7.57. The van der Waals surface area contributed by atoms with Crippen LogP contribution in [0.25, 0.3) is 17.0 Å². The van der Waals surface area contributed by atoms with Gasteiger partial charge in [-0.05, 0) is 72.9 Å². The zero-order chi connectivity index (χ0) is 26.6. The van der Waals surface area contributed by atoms with Crippen molar-refractivity contribution in [2.45, 2.75) is 33.4 Å². The normalized spacial score (nSPS) is 14.4. The molecule has 1 aliphatic rings. The van der Waals surface area contributed by atoms with Gasteiger partial charge in [-0.25, -0.2) is 0 Å². The fraction of sp³-hybridized carbons (Fsp3) is 0.207. The van der Waals surface area contributed by atoms with Crippen LogP contribution in [0.2, 0.25) is 0 Å². The minimum atomic E-state index is -0.236. The van der Waals surface area contributed by atoms with Crippen LogP contribution < -0.4 is 20.3 Å². The monoisotopic (exact) mass is 544 g/mol. The Labute approximate surface area is 230 Å². The summed E-state index contributed by atoms with van der Waals surface area (Å²) in [5.74, 6) is 0.426. The van der Waals surface area contributed by atoms with E-state index in [0.29, 0.717) is 29.6 Å². The van der Waals surface area contributed by atoms with E-state index in [-0.39, 0.29) is 18.4 Å². The van der Waals surface area contributed by atoms with Crippen molar-refractivity contribution in [3.63, 3.8) is 0 Å². The van der Waals surface area contributed by atoms with Gasteiger partial charge in [0.1, 0.15) is 18.0 Å². The maximum absolute atomic E-state index is 13.4. The van der Waals surface area contributed by atoms with Crippen LogP contribution in [0.5, 0.6) is 5.75 Å². The van der Waals surface area contributed by atoms with E-state index in [1.54, 1.807) is 11.3 Å². The summed E-state index contributed by atoms with van der Waals surface area (Å²) in [6.07, 6.45) is 4.56. The van der Waals surface area contributed by atoms with Crippen LogP contribution in [0.3, 0.4) is 0 Å². The Morgan fingerprint density at radius 1 is 1.13 bits per heavy atom. The predicted octanol–water partition coefficient (Wildman–Crippen LogP) is 5.24. The lowest BCUT2D eigenvalue weighted by Gasteiger charge is -2.14. The van der Waals surface area contributed by atoms with E-state index in [4.69, 9.17) is 17.0 Å². The topological polar surface area (TPSA) is 75.6 Å². The van der Waals surface area contributed by atoms with Crippen molar-refractivity contribution >= 4 is 63.1 Å². The number of hydrogen-bond donors (Lipinski definition) is 2. The van der Waals surface area contributed by atoms with E-state index in [2.05, 4.69) is 23.6 Å². The number of carbonyl (C=O) groups excluding carboxylic acids is 2. The molecule has 5 rings (SSSR count). The molecule has 0 bridgehead atoms. The van der Waals surface area contributed by atoms with Crippen LogP contribution in [0, 0.1) is 0 Å². The Bertz CT molecular complexity index is 1520. The van der Waals surface area contributed by atoms with Gasteiger partial charge < -0.3 is 19.9 Å². The minimum Gasteiger partial charge on any atom is -0.494 e. The number of rotatable bonds is 9. The number of aryl methyl sites for hydroxylation is 1. The highest BCUT2D eigenvalue weighted by Gasteiger charge is 2.32. The smallest absolute Gasteiger partial charge is 0.281 e. The van der Waals surface area contributed by atoms with Crippen molar-refractivity contribution < 1.29 is 14.3 Å². The van der Waals surface area contributed by atoms with E-state index >= 15 is 0 Å². The highest BCUT2D eigenvalue weighted by Crippen LogP contribution is 2.29. The predicted molar refractivity (Wildman–Crippen MR) is 156 cm³/mol. The van der Waals surface area contributed by atoms with Gasteiger partial charge in [-0.1, -0.05) is 31.2 Å². The lowest BCUT2D eigenvalue weighted by molar-refractivity contribution is -0.121. The van der Waals surface area contributed by atoms with Crippen molar-refractivity contribution in [1.29, 1.82) is 0 Å². The molecule has 2 aromatic carbocycles. The number of fused-ring (bicyclic) bond motifs is 1. The zero-order valence-electron chi connectivity index (χ0n) is 21.2. The third-order valence-electron chi connectivity index (χ3n) is 6.33. The average molecular weight is 545 g/mol. The summed E-state index contributed by atoms with van der Waals surface area (Å²) >= 11 is 7.12. The number of para-hydroxylation sites is 1. The van der Waals surface area contributed by atoms with Crippen LogP contribution >= 0.6 is 23.6 Å². The lowest BCUT2D eigenvalue weighted by atomic mass is 10.1. The van der Waals surface area contributed by atoms with E-state index < -0.39 is 0 Å². The van der Waals surface area contributed by atoms with E-state index in [1.807, 2.05) is 77.7 Å². The quantitative estimate of drug-likeness (QED) is 0.223. The molecule has 1 aliphatic heterocycles. The Morgan fingerprint density at radius 2 is 1.95 bits per heavy atom. The van der Waals surface area contributed by atoms with Crippen molar-refractivity contribution in [3.8, 4) is 5.75 Å². The molecule has 0 spiro atoms. The molecule has 1 saturated heterocycles. The van der Waals surface area contributed by atoms with Gasteiger partial charge in [0.15, 0.2) is 5.11 Å². The molecule has 0 atom stereocenters. The first-order valence-electron chi connectivity index (χ1n) is 12.5. The average Bonchev–Trinajstić information content (AvgIpc) is 3.63. The first-order valence-corrected chi connectivity index (χ1v) is 13.8. The summed E-state index contributed by atoms with van der Waals surface area (Å²) in [7, 11) is 0.